The molecule has 0 spiro atoms. The molecule has 0 unspecified atom stereocenters. The number of para-hydroxylation sites is 1. The largest absolute Gasteiger partial charge is 0.320 e. The van der Waals surface area contributed by atoms with Crippen molar-refractivity contribution in [2.45, 2.75) is 42.8 Å². The Morgan fingerprint density at radius 3 is 2.71 bits per heavy atom. The molecule has 7 heteroatoms. The quantitative estimate of drug-likeness (QED) is 0.582. The van der Waals surface area contributed by atoms with E-state index in [1.807, 2.05) is 36.0 Å². The van der Waals surface area contributed by atoms with E-state index in [0.717, 1.165) is 21.9 Å². The number of rotatable bonds is 5. The molecule has 0 aliphatic heterocycles. The fourth-order valence-electron chi connectivity index (χ4n) is 2.81. The van der Waals surface area contributed by atoms with Crippen molar-refractivity contribution >= 4 is 40.4 Å². The molecule has 1 aliphatic rings. The Kier molecular flexibility index (Phi) is 5.20. The summed E-state index contributed by atoms with van der Waals surface area (Å²) >= 11 is 2.96. The molecule has 5 nitrogen and oxygen atoms in total. The van der Waals surface area contributed by atoms with Crippen molar-refractivity contribution in [2.75, 3.05) is 5.32 Å². The smallest absolute Gasteiger partial charge is 0.283 e. The molecule has 0 atom stereocenters. The highest BCUT2D eigenvalue weighted by molar-refractivity contribution is 8.00. The molecule has 1 heterocycles. The summed E-state index contributed by atoms with van der Waals surface area (Å²) in [6.45, 7) is 1.66. The number of carbonyl (C=O) groups is 1. The average Bonchev–Trinajstić information content (AvgIpc) is 3.18. The van der Waals surface area contributed by atoms with Gasteiger partial charge in [-0.2, -0.15) is 0 Å². The number of nitro groups is 1. The van der Waals surface area contributed by atoms with Gasteiger partial charge in [0.25, 0.3) is 11.6 Å². The lowest BCUT2D eigenvalue weighted by Gasteiger charge is -2.13. The van der Waals surface area contributed by atoms with E-state index in [0.29, 0.717) is 15.0 Å². The Bertz CT molecular complexity index is 767. The minimum atomic E-state index is -0.452. The molecule has 1 fully saturated rings. The van der Waals surface area contributed by atoms with E-state index in [-0.39, 0.29) is 11.6 Å². The number of hydrogen-bond donors (Lipinski definition) is 1. The Labute approximate surface area is 148 Å². The molecule has 1 aromatic carbocycles. The van der Waals surface area contributed by atoms with E-state index < -0.39 is 4.92 Å². The first-order valence-electron chi connectivity index (χ1n) is 7.86. The van der Waals surface area contributed by atoms with Crippen LogP contribution in [-0.2, 0) is 0 Å². The zero-order valence-corrected chi connectivity index (χ0v) is 14.9. The van der Waals surface area contributed by atoms with E-state index in [9.17, 15) is 14.9 Å². The van der Waals surface area contributed by atoms with Crippen molar-refractivity contribution in [3.8, 4) is 0 Å². The fourth-order valence-corrected chi connectivity index (χ4v) is 5.02. The number of hydrogen-bond acceptors (Lipinski definition) is 5. The van der Waals surface area contributed by atoms with Gasteiger partial charge in [-0.1, -0.05) is 25.0 Å². The van der Waals surface area contributed by atoms with Gasteiger partial charge in [0.05, 0.1) is 20.4 Å². The van der Waals surface area contributed by atoms with Crippen molar-refractivity contribution in [1.29, 1.82) is 0 Å². The van der Waals surface area contributed by atoms with Crippen molar-refractivity contribution in [3.63, 3.8) is 0 Å². The maximum absolute atomic E-state index is 12.5. The van der Waals surface area contributed by atoms with Gasteiger partial charge in [-0.15, -0.1) is 23.1 Å². The van der Waals surface area contributed by atoms with Gasteiger partial charge in [0.1, 0.15) is 0 Å². The molecule has 0 radical (unpaired) electrons. The number of nitrogens with zero attached hydrogens (tertiary/aromatic N) is 1. The zero-order valence-electron chi connectivity index (χ0n) is 13.3. The van der Waals surface area contributed by atoms with E-state index in [1.165, 1.54) is 31.7 Å². The summed E-state index contributed by atoms with van der Waals surface area (Å²) in [5.74, 6) is -0.296. The van der Waals surface area contributed by atoms with Crippen LogP contribution in [0.1, 0.15) is 40.2 Å². The molecule has 1 aliphatic carbocycles. The number of thioether (sulfide) groups is 1. The Balaban J connectivity index is 1.76. The molecule has 1 saturated carbocycles. The van der Waals surface area contributed by atoms with Crippen LogP contribution in [-0.4, -0.2) is 16.1 Å². The molecule has 1 N–H and O–H groups in total. The van der Waals surface area contributed by atoms with Gasteiger partial charge in [-0.3, -0.25) is 14.9 Å². The third-order valence-corrected chi connectivity index (χ3v) is 6.50. The summed E-state index contributed by atoms with van der Waals surface area (Å²) in [5.41, 5.74) is 0.770. The van der Waals surface area contributed by atoms with E-state index in [2.05, 4.69) is 5.32 Å². The molecule has 1 aromatic heterocycles. The van der Waals surface area contributed by atoms with E-state index >= 15 is 0 Å². The zero-order chi connectivity index (χ0) is 17.1. The van der Waals surface area contributed by atoms with Crippen molar-refractivity contribution in [3.05, 3.63) is 50.2 Å². The second-order valence-electron chi connectivity index (χ2n) is 5.78. The molecule has 3 rings (SSSR count). The molecule has 0 bridgehead atoms. The minimum absolute atomic E-state index is 0.00114. The second-order valence-corrected chi connectivity index (χ2v) is 8.38. The third kappa shape index (κ3) is 3.79. The second kappa shape index (κ2) is 7.36. The fraction of sp³-hybridized carbons (Fsp3) is 0.353. The molecule has 0 saturated heterocycles. The van der Waals surface area contributed by atoms with Crippen LogP contribution in [0.5, 0.6) is 0 Å². The third-order valence-electron chi connectivity index (χ3n) is 4.04. The van der Waals surface area contributed by atoms with Crippen LogP contribution in [0.3, 0.4) is 0 Å². The van der Waals surface area contributed by atoms with Gasteiger partial charge in [0.15, 0.2) is 0 Å². The number of carbonyl (C=O) groups excluding carboxylic acids is 1. The van der Waals surface area contributed by atoms with Crippen molar-refractivity contribution in [2.24, 2.45) is 0 Å². The highest BCUT2D eigenvalue weighted by atomic mass is 32.2. The number of thiophene rings is 1. The number of amides is 1. The van der Waals surface area contributed by atoms with Crippen LogP contribution in [0.15, 0.2) is 35.2 Å². The number of aryl methyl sites for hydroxylation is 1. The van der Waals surface area contributed by atoms with Gasteiger partial charge in [-0.05, 0) is 31.9 Å². The summed E-state index contributed by atoms with van der Waals surface area (Å²) in [7, 11) is 0. The Hall–Kier alpha value is -1.86. The first-order chi connectivity index (χ1) is 11.5. The molecular weight excluding hydrogens is 344 g/mol. The topological polar surface area (TPSA) is 72.2 Å². The molecule has 1 amide bonds. The van der Waals surface area contributed by atoms with Gasteiger partial charge in [0, 0.05) is 16.2 Å². The first-order valence-corrected chi connectivity index (χ1v) is 9.56. The summed E-state index contributed by atoms with van der Waals surface area (Å²) in [6.07, 6.45) is 4.96. The summed E-state index contributed by atoms with van der Waals surface area (Å²) < 4.78 is 0. The maximum atomic E-state index is 12.5. The Morgan fingerprint density at radius 1 is 1.33 bits per heavy atom. The molecule has 24 heavy (non-hydrogen) atoms. The predicted molar refractivity (Wildman–Crippen MR) is 98.2 cm³/mol. The van der Waals surface area contributed by atoms with Gasteiger partial charge in [-0.25, -0.2) is 0 Å². The normalized spacial score (nSPS) is 14.7. The lowest BCUT2D eigenvalue weighted by atomic mass is 10.3. The van der Waals surface area contributed by atoms with Crippen molar-refractivity contribution < 1.29 is 9.72 Å². The van der Waals surface area contributed by atoms with E-state index in [4.69, 9.17) is 0 Å². The maximum Gasteiger partial charge on any atom is 0.283 e. The van der Waals surface area contributed by atoms with Crippen LogP contribution >= 0.6 is 23.1 Å². The summed E-state index contributed by atoms with van der Waals surface area (Å²) in [4.78, 5) is 24.9. The molecular formula is C17H18N2O3S2. The van der Waals surface area contributed by atoms with Gasteiger partial charge < -0.3 is 5.32 Å². The highest BCUT2D eigenvalue weighted by Crippen LogP contribution is 2.38. The SMILES string of the molecule is Cc1sc(C(=O)Nc2ccccc2SC2CCCC2)cc1[N+](=O)[O-]. The van der Waals surface area contributed by atoms with Crippen LogP contribution < -0.4 is 5.32 Å². The van der Waals surface area contributed by atoms with Crippen LogP contribution in [0.25, 0.3) is 0 Å². The highest BCUT2D eigenvalue weighted by Gasteiger charge is 2.21. The van der Waals surface area contributed by atoms with Crippen molar-refractivity contribution in [1.82, 2.24) is 0 Å². The van der Waals surface area contributed by atoms with Crippen LogP contribution in [0.2, 0.25) is 0 Å². The van der Waals surface area contributed by atoms with Crippen LogP contribution in [0, 0.1) is 17.0 Å². The van der Waals surface area contributed by atoms with Gasteiger partial charge >= 0.3 is 0 Å². The van der Waals surface area contributed by atoms with E-state index in [1.54, 1.807) is 6.92 Å². The average molecular weight is 362 g/mol. The summed E-state index contributed by atoms with van der Waals surface area (Å²) in [5, 5.41) is 14.5. The first kappa shape index (κ1) is 17.0. The number of nitrogens with one attached hydrogen (secondary N) is 1. The lowest BCUT2D eigenvalue weighted by Crippen LogP contribution is -2.11. The standard InChI is InChI=1S/C17H18N2O3S2/c1-11-14(19(21)22)10-16(23-11)17(20)18-13-8-4-5-9-15(13)24-12-6-2-3-7-12/h4-5,8-10,12H,2-3,6-7H2,1H3,(H,18,20). The molecule has 126 valence electrons. The minimum Gasteiger partial charge on any atom is -0.320 e. The lowest BCUT2D eigenvalue weighted by molar-refractivity contribution is -0.385. The number of benzene rings is 1. The molecule has 2 aromatic rings. The summed E-state index contributed by atoms with van der Waals surface area (Å²) in [6, 6.07) is 9.09. The number of anilines is 1. The van der Waals surface area contributed by atoms with Crippen LogP contribution in [0.4, 0.5) is 11.4 Å². The van der Waals surface area contributed by atoms with Gasteiger partial charge in [0.2, 0.25) is 0 Å². The predicted octanol–water partition coefficient (Wildman–Crippen LogP) is 5.25. The Morgan fingerprint density at radius 2 is 2.04 bits per heavy atom. The monoisotopic (exact) mass is 362 g/mol.